The zero-order valence-corrected chi connectivity index (χ0v) is 27.9. The SMILES string of the molecule is C=C/C(=C(N)\C=C/C)N1c2cccc3c2-c2c(cccc2-c2cccc4c5ccccc5n-3c24)NC1C(C)CNCC(=N)c1ccccc1. The molecule has 0 fully saturated rings. The maximum Gasteiger partial charge on any atom is 0.108 e. The first-order valence-electron chi connectivity index (χ1n) is 16.9. The Morgan fingerprint density at radius 1 is 0.878 bits per heavy atom. The summed E-state index contributed by atoms with van der Waals surface area (Å²) in [6.07, 6.45) is 5.59. The Morgan fingerprint density at radius 3 is 2.41 bits per heavy atom. The van der Waals surface area contributed by atoms with Gasteiger partial charge in [-0.1, -0.05) is 105 Å². The lowest BCUT2D eigenvalue weighted by molar-refractivity contribution is 0.455. The number of allylic oxidation sites excluding steroid dienone is 3. The monoisotopic (exact) mass is 640 g/mol. The van der Waals surface area contributed by atoms with E-state index in [-0.39, 0.29) is 12.1 Å². The zero-order chi connectivity index (χ0) is 33.6. The van der Waals surface area contributed by atoms with Gasteiger partial charge in [0, 0.05) is 52.2 Å². The van der Waals surface area contributed by atoms with E-state index in [9.17, 15) is 0 Å². The second kappa shape index (κ2) is 12.3. The molecule has 1 aromatic heterocycles. The molecule has 6 aromatic rings. The molecule has 0 bridgehead atoms. The number of nitrogens with one attached hydrogen (secondary N) is 3. The van der Waals surface area contributed by atoms with Crippen molar-refractivity contribution in [3.8, 4) is 27.9 Å². The summed E-state index contributed by atoms with van der Waals surface area (Å²) in [6, 6.07) is 38.5. The van der Waals surface area contributed by atoms with Crippen molar-refractivity contribution in [3.63, 3.8) is 0 Å². The molecule has 0 aliphatic carbocycles. The van der Waals surface area contributed by atoms with Crippen LogP contribution >= 0.6 is 0 Å². The Bertz CT molecular complexity index is 2330. The molecule has 0 saturated heterocycles. The largest absolute Gasteiger partial charge is 0.397 e. The smallest absolute Gasteiger partial charge is 0.108 e. The van der Waals surface area contributed by atoms with Crippen LogP contribution in [0.5, 0.6) is 0 Å². The molecule has 2 atom stereocenters. The molecule has 5 aromatic carbocycles. The summed E-state index contributed by atoms with van der Waals surface area (Å²) in [6.45, 7) is 9.66. The highest BCUT2D eigenvalue weighted by molar-refractivity contribution is 6.18. The molecule has 6 nitrogen and oxygen atoms in total. The van der Waals surface area contributed by atoms with E-state index in [0.29, 0.717) is 24.5 Å². The minimum atomic E-state index is -0.197. The van der Waals surface area contributed by atoms with E-state index >= 15 is 0 Å². The number of rotatable bonds is 9. The highest BCUT2D eigenvalue weighted by Crippen LogP contribution is 2.54. The molecule has 0 radical (unpaired) electrons. The van der Waals surface area contributed by atoms with Gasteiger partial charge in [-0.15, -0.1) is 0 Å². The molecule has 0 spiro atoms. The fourth-order valence-corrected chi connectivity index (χ4v) is 7.77. The summed E-state index contributed by atoms with van der Waals surface area (Å²) in [5, 5.41) is 18.8. The number of nitrogens with zero attached hydrogens (tertiary/aromatic N) is 2. The van der Waals surface area contributed by atoms with E-state index in [1.165, 1.54) is 38.5 Å². The maximum atomic E-state index is 8.68. The number of benzene rings is 5. The molecule has 0 saturated carbocycles. The Balaban J connectivity index is 1.34. The number of nitrogens with two attached hydrogens (primary N) is 1. The molecule has 0 amide bonds. The van der Waals surface area contributed by atoms with Gasteiger partial charge >= 0.3 is 0 Å². The highest BCUT2D eigenvalue weighted by Gasteiger charge is 2.37. The topological polar surface area (TPSA) is 82.1 Å². The van der Waals surface area contributed by atoms with Crippen LogP contribution in [-0.4, -0.2) is 29.5 Å². The zero-order valence-electron chi connectivity index (χ0n) is 27.9. The number of hydrogen-bond donors (Lipinski definition) is 4. The molecule has 3 heterocycles. The number of aromatic nitrogens is 1. The van der Waals surface area contributed by atoms with Crippen LogP contribution in [0.4, 0.5) is 11.4 Å². The average molecular weight is 641 g/mol. The van der Waals surface area contributed by atoms with E-state index in [4.69, 9.17) is 11.1 Å². The molecular formula is C43H40N6. The maximum absolute atomic E-state index is 8.68. The van der Waals surface area contributed by atoms with Crippen LogP contribution in [0.15, 0.2) is 145 Å². The van der Waals surface area contributed by atoms with E-state index in [1.807, 2.05) is 55.5 Å². The van der Waals surface area contributed by atoms with Crippen molar-refractivity contribution in [2.75, 3.05) is 23.3 Å². The number of hydrogen-bond acceptors (Lipinski definition) is 5. The third-order valence-corrected chi connectivity index (χ3v) is 9.93. The number of fused-ring (bicyclic) bond motifs is 5. The van der Waals surface area contributed by atoms with Crippen LogP contribution in [0.3, 0.4) is 0 Å². The predicted molar refractivity (Wildman–Crippen MR) is 207 cm³/mol. The first-order valence-corrected chi connectivity index (χ1v) is 16.9. The summed E-state index contributed by atoms with van der Waals surface area (Å²) in [5.41, 5.74) is 20.2. The van der Waals surface area contributed by atoms with Gasteiger partial charge in [-0.3, -0.25) is 0 Å². The summed E-state index contributed by atoms with van der Waals surface area (Å²) in [4.78, 5) is 2.35. The van der Waals surface area contributed by atoms with Crippen molar-refractivity contribution < 1.29 is 0 Å². The summed E-state index contributed by atoms with van der Waals surface area (Å²) in [5.74, 6) is 0.0809. The minimum Gasteiger partial charge on any atom is -0.397 e. The summed E-state index contributed by atoms with van der Waals surface area (Å²) < 4.78 is 2.45. The van der Waals surface area contributed by atoms with Gasteiger partial charge in [0.2, 0.25) is 0 Å². The molecule has 8 rings (SSSR count). The van der Waals surface area contributed by atoms with Crippen LogP contribution in [0.25, 0.3) is 49.7 Å². The van der Waals surface area contributed by atoms with Crippen LogP contribution in [0.2, 0.25) is 0 Å². The van der Waals surface area contributed by atoms with Crippen molar-refractivity contribution in [1.82, 2.24) is 9.88 Å². The molecule has 5 N–H and O–H groups in total. The molecule has 2 aliphatic heterocycles. The lowest BCUT2D eigenvalue weighted by Crippen LogP contribution is -2.48. The second-order valence-corrected chi connectivity index (χ2v) is 12.9. The van der Waals surface area contributed by atoms with E-state index < -0.39 is 0 Å². The van der Waals surface area contributed by atoms with Crippen molar-refractivity contribution >= 4 is 38.9 Å². The van der Waals surface area contributed by atoms with Gasteiger partial charge in [-0.25, -0.2) is 0 Å². The molecular weight excluding hydrogens is 601 g/mol. The van der Waals surface area contributed by atoms with E-state index in [1.54, 1.807) is 0 Å². The van der Waals surface area contributed by atoms with E-state index in [2.05, 4.69) is 112 Å². The Morgan fingerprint density at radius 2 is 1.59 bits per heavy atom. The second-order valence-electron chi connectivity index (χ2n) is 12.9. The molecule has 242 valence electrons. The normalized spacial score (nSPS) is 15.7. The van der Waals surface area contributed by atoms with Crippen LogP contribution in [-0.2, 0) is 0 Å². The van der Waals surface area contributed by atoms with Crippen LogP contribution < -0.4 is 21.3 Å². The number of para-hydroxylation sites is 2. The summed E-state index contributed by atoms with van der Waals surface area (Å²) >= 11 is 0. The first-order chi connectivity index (χ1) is 24.0. The molecule has 2 unspecified atom stereocenters. The Hall–Kier alpha value is -5.85. The van der Waals surface area contributed by atoms with Gasteiger partial charge in [0.05, 0.1) is 39.5 Å². The van der Waals surface area contributed by atoms with Gasteiger partial charge in [-0.05, 0) is 54.5 Å². The highest BCUT2D eigenvalue weighted by atomic mass is 15.3. The molecule has 6 heteroatoms. The standard InChI is InChI=1S/C43H40N6/c1-4-14-33(44)36(5-2)49-39-24-13-23-38-41(39)40-30(32-20-11-19-31-29-17-9-10-22-37(29)48(38)42(31)32)18-12-21-35(40)47-43(49)27(3)25-46-26-34(45)28-15-7-6-8-16-28/h4-24,27,43,45-47H,2,25-26,44H2,1,3H3/b14-4-,36-33-,45-34?. The lowest BCUT2D eigenvalue weighted by atomic mass is 9.91. The third-order valence-electron chi connectivity index (χ3n) is 9.93. The van der Waals surface area contributed by atoms with E-state index in [0.717, 1.165) is 33.9 Å². The van der Waals surface area contributed by atoms with Crippen LogP contribution in [0.1, 0.15) is 19.4 Å². The predicted octanol–water partition coefficient (Wildman–Crippen LogP) is 9.22. The van der Waals surface area contributed by atoms with Gasteiger partial charge in [0.1, 0.15) is 6.17 Å². The lowest BCUT2D eigenvalue weighted by Gasteiger charge is -2.39. The van der Waals surface area contributed by atoms with Crippen LogP contribution in [0, 0.1) is 11.3 Å². The van der Waals surface area contributed by atoms with Gasteiger partial charge in [-0.2, -0.15) is 0 Å². The fourth-order valence-electron chi connectivity index (χ4n) is 7.77. The Kier molecular flexibility index (Phi) is 7.66. The van der Waals surface area contributed by atoms with Crippen molar-refractivity contribution in [2.45, 2.75) is 20.0 Å². The van der Waals surface area contributed by atoms with Gasteiger partial charge in [0.25, 0.3) is 0 Å². The molecule has 49 heavy (non-hydrogen) atoms. The third kappa shape index (κ3) is 4.87. The average Bonchev–Trinajstić information content (AvgIpc) is 3.30. The van der Waals surface area contributed by atoms with Crippen molar-refractivity contribution in [1.29, 1.82) is 5.41 Å². The van der Waals surface area contributed by atoms with Crippen molar-refractivity contribution in [2.24, 2.45) is 11.7 Å². The van der Waals surface area contributed by atoms with Gasteiger partial charge < -0.3 is 31.2 Å². The van der Waals surface area contributed by atoms with Gasteiger partial charge in [0.15, 0.2) is 0 Å². The first kappa shape index (κ1) is 30.5. The molecule has 2 aliphatic rings. The minimum absolute atomic E-state index is 0.0809. The number of anilines is 2. The quantitative estimate of drug-likeness (QED) is 0.0937. The van der Waals surface area contributed by atoms with Crippen molar-refractivity contribution in [3.05, 3.63) is 151 Å². The fraction of sp³-hybridized carbons (Fsp3) is 0.140. The Labute approximate surface area is 287 Å². The summed E-state index contributed by atoms with van der Waals surface area (Å²) in [7, 11) is 0.